The van der Waals surface area contributed by atoms with Crippen molar-refractivity contribution in [2.75, 3.05) is 60.2 Å². The number of hydrogen-bond acceptors (Lipinski definition) is 6. The van der Waals surface area contributed by atoms with Crippen molar-refractivity contribution in [3.63, 3.8) is 0 Å². The number of rotatable bonds is 10. The number of benzene rings is 1. The number of methoxy groups -OCH3 is 2. The van der Waals surface area contributed by atoms with E-state index in [0.29, 0.717) is 6.54 Å². The first-order valence-electron chi connectivity index (χ1n) is 10.8. The highest BCUT2D eigenvalue weighted by Gasteiger charge is 2.24. The van der Waals surface area contributed by atoms with E-state index in [1.165, 1.54) is 0 Å². The van der Waals surface area contributed by atoms with E-state index >= 15 is 0 Å². The maximum absolute atomic E-state index is 5.56. The van der Waals surface area contributed by atoms with Gasteiger partial charge in [-0.2, -0.15) is 0 Å². The molecule has 2 heterocycles. The van der Waals surface area contributed by atoms with E-state index < -0.39 is 0 Å². The fourth-order valence-corrected chi connectivity index (χ4v) is 3.66. The van der Waals surface area contributed by atoms with Crippen LogP contribution in [0.1, 0.15) is 24.3 Å². The lowest BCUT2D eigenvalue weighted by Crippen LogP contribution is -2.42. The Hall–Kier alpha value is -2.71. The predicted octanol–water partition coefficient (Wildman–Crippen LogP) is 2.47. The van der Waals surface area contributed by atoms with Crippen LogP contribution in [0.15, 0.2) is 46.0 Å². The summed E-state index contributed by atoms with van der Waals surface area (Å²) in [6, 6.07) is 10.1. The number of furan rings is 1. The minimum atomic E-state index is 0.115. The Bertz CT molecular complexity index is 804. The van der Waals surface area contributed by atoms with E-state index in [1.54, 1.807) is 20.5 Å². The average molecular weight is 431 g/mol. The molecule has 0 amide bonds. The summed E-state index contributed by atoms with van der Waals surface area (Å²) in [4.78, 5) is 7.31. The molecule has 0 aliphatic carbocycles. The molecule has 8 heteroatoms. The van der Waals surface area contributed by atoms with Crippen LogP contribution < -0.4 is 20.1 Å². The van der Waals surface area contributed by atoms with E-state index in [4.69, 9.17) is 23.6 Å². The molecule has 8 nitrogen and oxygen atoms in total. The second-order valence-electron chi connectivity index (χ2n) is 7.25. The first-order valence-corrected chi connectivity index (χ1v) is 10.8. The van der Waals surface area contributed by atoms with Crippen LogP contribution in [0.2, 0.25) is 0 Å². The average Bonchev–Trinajstić information content (AvgIpc) is 3.33. The highest BCUT2D eigenvalue weighted by molar-refractivity contribution is 5.79. The lowest BCUT2D eigenvalue weighted by Gasteiger charge is -2.34. The van der Waals surface area contributed by atoms with Gasteiger partial charge in [0.2, 0.25) is 0 Å². The normalized spacial score (nSPS) is 16.0. The molecule has 0 radical (unpaired) electrons. The van der Waals surface area contributed by atoms with Gasteiger partial charge in [0.25, 0.3) is 0 Å². The van der Waals surface area contributed by atoms with Crippen LogP contribution in [0.25, 0.3) is 0 Å². The third-order valence-corrected chi connectivity index (χ3v) is 5.29. The molecular weight excluding hydrogens is 396 g/mol. The molecule has 31 heavy (non-hydrogen) atoms. The fourth-order valence-electron chi connectivity index (χ4n) is 3.66. The van der Waals surface area contributed by atoms with Crippen molar-refractivity contribution in [3.8, 4) is 11.5 Å². The van der Waals surface area contributed by atoms with Crippen molar-refractivity contribution in [2.45, 2.75) is 19.4 Å². The van der Waals surface area contributed by atoms with Gasteiger partial charge in [-0.1, -0.05) is 6.07 Å². The lowest BCUT2D eigenvalue weighted by molar-refractivity contribution is 0.0179. The van der Waals surface area contributed by atoms with Crippen LogP contribution in [0.3, 0.4) is 0 Å². The van der Waals surface area contributed by atoms with Crippen LogP contribution in [-0.4, -0.2) is 71.0 Å². The maximum Gasteiger partial charge on any atom is 0.191 e. The van der Waals surface area contributed by atoms with Gasteiger partial charge in [-0.3, -0.25) is 9.89 Å². The Morgan fingerprint density at radius 3 is 2.61 bits per heavy atom. The van der Waals surface area contributed by atoms with Gasteiger partial charge in [0.05, 0.1) is 46.3 Å². The zero-order valence-electron chi connectivity index (χ0n) is 18.7. The molecule has 1 unspecified atom stereocenters. The summed E-state index contributed by atoms with van der Waals surface area (Å²) in [6.07, 6.45) is 2.50. The van der Waals surface area contributed by atoms with E-state index in [2.05, 4.69) is 28.5 Å². The van der Waals surface area contributed by atoms with Crippen LogP contribution in [0.5, 0.6) is 11.5 Å². The molecular formula is C23H34N4O4. The number of hydrogen-bond donors (Lipinski definition) is 2. The van der Waals surface area contributed by atoms with Crippen LogP contribution in [0, 0.1) is 0 Å². The molecule has 1 aliphatic heterocycles. The van der Waals surface area contributed by atoms with Gasteiger partial charge < -0.3 is 29.3 Å². The maximum atomic E-state index is 5.56. The summed E-state index contributed by atoms with van der Waals surface area (Å²) in [6.45, 7) is 7.43. The first kappa shape index (κ1) is 23.0. The second kappa shape index (κ2) is 12.2. The Morgan fingerprint density at radius 2 is 1.94 bits per heavy atom. The molecule has 1 saturated heterocycles. The van der Waals surface area contributed by atoms with E-state index in [0.717, 1.165) is 74.6 Å². The number of nitrogens with one attached hydrogen (secondary N) is 2. The Labute approximate surface area is 184 Å². The molecule has 1 aromatic heterocycles. The summed E-state index contributed by atoms with van der Waals surface area (Å²) < 4.78 is 21.9. The Morgan fingerprint density at radius 1 is 1.13 bits per heavy atom. The van der Waals surface area contributed by atoms with Crippen molar-refractivity contribution >= 4 is 5.96 Å². The van der Waals surface area contributed by atoms with Crippen LogP contribution in [-0.2, 0) is 11.2 Å². The smallest absolute Gasteiger partial charge is 0.191 e. The largest absolute Gasteiger partial charge is 0.493 e. The van der Waals surface area contributed by atoms with Crippen molar-refractivity contribution in [3.05, 3.63) is 47.9 Å². The number of nitrogens with zero attached hydrogens (tertiary/aromatic N) is 2. The standard InChI is InChI=1S/C23H34N4O4/c1-4-24-23(25-10-9-19-6-5-13-31-19)26-17-20(27-11-14-30-15-12-27)18-7-8-21(28-2)22(16-18)29-3/h5-8,13,16,20H,4,9-12,14-15,17H2,1-3H3,(H2,24,25,26). The van der Waals surface area contributed by atoms with Gasteiger partial charge in [0.1, 0.15) is 5.76 Å². The van der Waals surface area contributed by atoms with Gasteiger partial charge in [-0.25, -0.2) is 0 Å². The SMILES string of the molecule is CCNC(=NCC(c1ccc(OC)c(OC)c1)N1CCOCC1)NCCc1ccco1. The molecule has 3 rings (SSSR count). The lowest BCUT2D eigenvalue weighted by atomic mass is 10.0. The highest BCUT2D eigenvalue weighted by atomic mass is 16.5. The number of morpholine rings is 1. The zero-order chi connectivity index (χ0) is 21.9. The van der Waals surface area contributed by atoms with E-state index in [1.807, 2.05) is 24.3 Å². The van der Waals surface area contributed by atoms with E-state index in [9.17, 15) is 0 Å². The predicted molar refractivity (Wildman–Crippen MR) is 121 cm³/mol. The number of ether oxygens (including phenoxy) is 3. The minimum absolute atomic E-state index is 0.115. The van der Waals surface area contributed by atoms with Gasteiger partial charge in [-0.05, 0) is 36.8 Å². The Kier molecular flexibility index (Phi) is 9.05. The topological polar surface area (TPSA) is 80.5 Å². The van der Waals surface area contributed by atoms with Crippen LogP contribution in [0.4, 0.5) is 0 Å². The molecule has 170 valence electrons. The van der Waals surface area contributed by atoms with Crippen LogP contribution >= 0.6 is 0 Å². The number of guanidine groups is 1. The molecule has 1 fully saturated rings. The Balaban J connectivity index is 1.74. The summed E-state index contributed by atoms with van der Waals surface area (Å²) in [5, 5.41) is 6.73. The second-order valence-corrected chi connectivity index (χ2v) is 7.25. The molecule has 1 aliphatic rings. The summed E-state index contributed by atoms with van der Waals surface area (Å²) in [7, 11) is 3.31. The molecule has 1 atom stereocenters. The third kappa shape index (κ3) is 6.63. The first-order chi connectivity index (χ1) is 15.2. The van der Waals surface area contributed by atoms with Crippen molar-refractivity contribution in [1.82, 2.24) is 15.5 Å². The van der Waals surface area contributed by atoms with Crippen molar-refractivity contribution in [2.24, 2.45) is 4.99 Å². The van der Waals surface area contributed by atoms with Gasteiger partial charge in [-0.15, -0.1) is 0 Å². The number of aliphatic imine (C=N–C) groups is 1. The van der Waals surface area contributed by atoms with Crippen molar-refractivity contribution in [1.29, 1.82) is 0 Å². The molecule has 0 bridgehead atoms. The molecule has 1 aromatic carbocycles. The third-order valence-electron chi connectivity index (χ3n) is 5.29. The van der Waals surface area contributed by atoms with Gasteiger partial charge in [0, 0.05) is 32.6 Å². The van der Waals surface area contributed by atoms with E-state index in [-0.39, 0.29) is 6.04 Å². The van der Waals surface area contributed by atoms with Gasteiger partial charge >= 0.3 is 0 Å². The fraction of sp³-hybridized carbons (Fsp3) is 0.522. The molecule has 2 N–H and O–H groups in total. The summed E-state index contributed by atoms with van der Waals surface area (Å²) in [5.41, 5.74) is 1.15. The molecule has 0 saturated carbocycles. The summed E-state index contributed by atoms with van der Waals surface area (Å²) >= 11 is 0. The monoisotopic (exact) mass is 430 g/mol. The van der Waals surface area contributed by atoms with Gasteiger partial charge in [0.15, 0.2) is 17.5 Å². The van der Waals surface area contributed by atoms with Crippen molar-refractivity contribution < 1.29 is 18.6 Å². The minimum Gasteiger partial charge on any atom is -0.493 e. The molecule has 2 aromatic rings. The quantitative estimate of drug-likeness (QED) is 0.443. The zero-order valence-corrected chi connectivity index (χ0v) is 18.7. The summed E-state index contributed by atoms with van der Waals surface area (Å²) in [5.74, 6) is 3.21. The highest BCUT2D eigenvalue weighted by Crippen LogP contribution is 2.32. The molecule has 0 spiro atoms.